The Labute approximate surface area is 162 Å². The van der Waals surface area contributed by atoms with Gasteiger partial charge in [0.2, 0.25) is 0 Å². The van der Waals surface area contributed by atoms with Gasteiger partial charge >= 0.3 is 12.0 Å². The Morgan fingerprint density at radius 3 is 2.61 bits per heavy atom. The van der Waals surface area contributed by atoms with Gasteiger partial charge in [-0.05, 0) is 47.9 Å². The van der Waals surface area contributed by atoms with E-state index in [2.05, 4.69) is 5.32 Å². The van der Waals surface area contributed by atoms with Crippen LogP contribution in [0.3, 0.4) is 0 Å². The molecule has 0 aliphatic carbocycles. The molecule has 0 atom stereocenters. The van der Waals surface area contributed by atoms with Crippen LogP contribution in [0.4, 0.5) is 4.79 Å². The number of rotatable bonds is 7. The number of carbonyl (C=O) groups is 3. The number of nitrogens with one attached hydrogen (secondary N) is 1. The number of carbonyl (C=O) groups excluding carboxylic acids is 2. The monoisotopic (exact) mass is 380 g/mol. The van der Waals surface area contributed by atoms with Crippen LogP contribution in [-0.2, 0) is 11.4 Å². The molecule has 0 spiro atoms. The Morgan fingerprint density at radius 2 is 1.93 bits per heavy atom. The van der Waals surface area contributed by atoms with Crippen LogP contribution in [0.2, 0.25) is 0 Å². The van der Waals surface area contributed by atoms with Crippen LogP contribution in [0.15, 0.2) is 54.2 Å². The number of ether oxygens (including phenoxy) is 1. The van der Waals surface area contributed by atoms with Gasteiger partial charge in [0.1, 0.15) is 18.1 Å². The second-order valence-corrected chi connectivity index (χ2v) is 6.31. The highest BCUT2D eigenvalue weighted by Crippen LogP contribution is 2.18. The minimum atomic E-state index is -0.981. The Kier molecular flexibility index (Phi) is 5.74. The summed E-state index contributed by atoms with van der Waals surface area (Å²) in [7, 11) is 0. The zero-order valence-electron chi connectivity index (χ0n) is 15.3. The molecule has 7 heteroatoms. The van der Waals surface area contributed by atoms with Gasteiger partial charge in [-0.1, -0.05) is 31.2 Å². The van der Waals surface area contributed by atoms with Gasteiger partial charge in [0, 0.05) is 6.54 Å². The average molecular weight is 380 g/mol. The third-order valence-corrected chi connectivity index (χ3v) is 4.18. The molecule has 1 saturated heterocycles. The molecule has 144 valence electrons. The van der Waals surface area contributed by atoms with Gasteiger partial charge in [-0.15, -0.1) is 0 Å². The van der Waals surface area contributed by atoms with Crippen molar-refractivity contribution in [2.24, 2.45) is 0 Å². The number of benzene rings is 2. The van der Waals surface area contributed by atoms with Crippen LogP contribution < -0.4 is 10.1 Å². The fraction of sp³-hybridized carbons (Fsp3) is 0.190. The molecule has 0 saturated carbocycles. The van der Waals surface area contributed by atoms with E-state index in [1.165, 1.54) is 11.0 Å². The highest BCUT2D eigenvalue weighted by molar-refractivity contribution is 6.13. The predicted octanol–water partition coefficient (Wildman–Crippen LogP) is 3.27. The number of amides is 3. The maximum atomic E-state index is 12.2. The SMILES string of the molecule is CCCN1C(=O)N/C(=C/c2ccc(OCc3cccc(C(=O)O)c3)cc2)C1=O. The van der Waals surface area contributed by atoms with Crippen LogP contribution >= 0.6 is 0 Å². The topological polar surface area (TPSA) is 95.9 Å². The standard InChI is InChI=1S/C21H20N2O5/c1-2-10-23-19(24)18(22-21(23)27)12-14-6-8-17(9-7-14)28-13-15-4-3-5-16(11-15)20(25)26/h3-9,11-12H,2,10,13H2,1H3,(H,22,27)(H,25,26)/b18-12+. The molecule has 0 unspecified atom stereocenters. The van der Waals surface area contributed by atoms with E-state index in [1.54, 1.807) is 48.5 Å². The molecule has 0 radical (unpaired) electrons. The molecule has 28 heavy (non-hydrogen) atoms. The molecule has 2 N–H and O–H groups in total. The maximum absolute atomic E-state index is 12.2. The van der Waals surface area contributed by atoms with E-state index in [1.807, 2.05) is 6.92 Å². The molecule has 2 aromatic rings. The lowest BCUT2D eigenvalue weighted by Crippen LogP contribution is -2.31. The van der Waals surface area contributed by atoms with Gasteiger partial charge in [-0.2, -0.15) is 0 Å². The van der Waals surface area contributed by atoms with Crippen LogP contribution in [0.1, 0.15) is 34.8 Å². The zero-order valence-corrected chi connectivity index (χ0v) is 15.3. The lowest BCUT2D eigenvalue weighted by molar-refractivity contribution is -0.122. The minimum absolute atomic E-state index is 0.212. The first-order valence-electron chi connectivity index (χ1n) is 8.87. The molecule has 7 nitrogen and oxygen atoms in total. The first-order valence-corrected chi connectivity index (χ1v) is 8.87. The fourth-order valence-electron chi connectivity index (χ4n) is 2.79. The van der Waals surface area contributed by atoms with Crippen LogP contribution in [0.25, 0.3) is 6.08 Å². The summed E-state index contributed by atoms with van der Waals surface area (Å²) in [6, 6.07) is 13.2. The maximum Gasteiger partial charge on any atom is 0.335 e. The fourth-order valence-corrected chi connectivity index (χ4v) is 2.79. The van der Waals surface area contributed by atoms with Gasteiger partial charge in [0.25, 0.3) is 5.91 Å². The minimum Gasteiger partial charge on any atom is -0.489 e. The molecule has 3 amide bonds. The lowest BCUT2D eigenvalue weighted by Gasteiger charge is -2.08. The molecule has 1 aliphatic rings. The van der Waals surface area contributed by atoms with Crippen LogP contribution in [-0.4, -0.2) is 34.5 Å². The molecule has 0 aromatic heterocycles. The number of nitrogens with zero attached hydrogens (tertiary/aromatic N) is 1. The Hall–Kier alpha value is -3.61. The number of aromatic carboxylic acids is 1. The average Bonchev–Trinajstić information content (AvgIpc) is 2.95. The Morgan fingerprint density at radius 1 is 1.18 bits per heavy atom. The number of hydrogen-bond donors (Lipinski definition) is 2. The van der Waals surface area contributed by atoms with Crippen LogP contribution in [0.5, 0.6) is 5.75 Å². The molecule has 0 bridgehead atoms. The van der Waals surface area contributed by atoms with Crippen LogP contribution in [0, 0.1) is 0 Å². The summed E-state index contributed by atoms with van der Waals surface area (Å²) in [6.07, 6.45) is 2.32. The van der Waals surface area contributed by atoms with Gasteiger partial charge < -0.3 is 15.2 Å². The van der Waals surface area contributed by atoms with Crippen molar-refractivity contribution in [2.45, 2.75) is 20.0 Å². The second kappa shape index (κ2) is 8.39. The van der Waals surface area contributed by atoms with E-state index in [-0.39, 0.29) is 23.8 Å². The lowest BCUT2D eigenvalue weighted by atomic mass is 10.1. The van der Waals surface area contributed by atoms with Crippen molar-refractivity contribution in [1.82, 2.24) is 10.2 Å². The van der Waals surface area contributed by atoms with Crippen molar-refractivity contribution in [3.05, 3.63) is 70.9 Å². The molecule has 2 aromatic carbocycles. The number of carboxylic acid groups (broad SMARTS) is 1. The van der Waals surface area contributed by atoms with E-state index in [4.69, 9.17) is 9.84 Å². The first kappa shape index (κ1) is 19.2. The summed E-state index contributed by atoms with van der Waals surface area (Å²) in [6.45, 7) is 2.53. The van der Waals surface area contributed by atoms with Gasteiger partial charge in [-0.25, -0.2) is 9.59 Å². The first-order chi connectivity index (χ1) is 13.5. The highest BCUT2D eigenvalue weighted by atomic mass is 16.5. The van der Waals surface area contributed by atoms with Crippen molar-refractivity contribution in [3.63, 3.8) is 0 Å². The quantitative estimate of drug-likeness (QED) is 0.568. The van der Waals surface area contributed by atoms with E-state index >= 15 is 0 Å². The normalized spacial score (nSPS) is 15.0. The molecule has 1 fully saturated rings. The molecule has 3 rings (SSSR count). The summed E-state index contributed by atoms with van der Waals surface area (Å²) in [4.78, 5) is 36.2. The number of imide groups is 1. The summed E-state index contributed by atoms with van der Waals surface area (Å²) in [5.74, 6) is -0.701. The van der Waals surface area contributed by atoms with Gasteiger partial charge in [-0.3, -0.25) is 9.69 Å². The molecule has 1 aliphatic heterocycles. The second-order valence-electron chi connectivity index (χ2n) is 6.31. The molecule has 1 heterocycles. The molecular weight excluding hydrogens is 360 g/mol. The van der Waals surface area contributed by atoms with Crippen molar-refractivity contribution < 1.29 is 24.2 Å². The van der Waals surface area contributed by atoms with E-state index < -0.39 is 12.0 Å². The van der Waals surface area contributed by atoms with E-state index in [9.17, 15) is 14.4 Å². The number of hydrogen-bond acceptors (Lipinski definition) is 4. The van der Waals surface area contributed by atoms with Crippen molar-refractivity contribution >= 4 is 24.0 Å². The third-order valence-electron chi connectivity index (χ3n) is 4.18. The Bertz CT molecular complexity index is 934. The van der Waals surface area contributed by atoms with E-state index in [0.29, 0.717) is 18.7 Å². The van der Waals surface area contributed by atoms with Crippen molar-refractivity contribution in [2.75, 3.05) is 6.54 Å². The largest absolute Gasteiger partial charge is 0.489 e. The van der Waals surface area contributed by atoms with Crippen molar-refractivity contribution in [1.29, 1.82) is 0 Å². The summed E-state index contributed by atoms with van der Waals surface area (Å²) < 4.78 is 5.68. The summed E-state index contributed by atoms with van der Waals surface area (Å²) in [5.41, 5.74) is 1.96. The summed E-state index contributed by atoms with van der Waals surface area (Å²) >= 11 is 0. The predicted molar refractivity (Wildman–Crippen MR) is 103 cm³/mol. The highest BCUT2D eigenvalue weighted by Gasteiger charge is 2.32. The van der Waals surface area contributed by atoms with E-state index in [0.717, 1.165) is 11.1 Å². The smallest absolute Gasteiger partial charge is 0.335 e. The molecular formula is C21H20N2O5. The Balaban J connectivity index is 1.64. The van der Waals surface area contributed by atoms with Gasteiger partial charge in [0.15, 0.2) is 0 Å². The number of carboxylic acids is 1. The summed E-state index contributed by atoms with van der Waals surface area (Å²) in [5, 5.41) is 11.6. The zero-order chi connectivity index (χ0) is 20.1. The third kappa shape index (κ3) is 4.37. The van der Waals surface area contributed by atoms with Crippen molar-refractivity contribution in [3.8, 4) is 5.75 Å². The van der Waals surface area contributed by atoms with Gasteiger partial charge in [0.05, 0.1) is 5.56 Å². The number of urea groups is 1.